The number of carbonyl (C=O) groups excluding carboxylic acids is 1. The molecule has 1 aliphatic rings. The van der Waals surface area contributed by atoms with Crippen molar-refractivity contribution in [3.8, 4) is 11.1 Å². The van der Waals surface area contributed by atoms with Gasteiger partial charge in [0, 0.05) is 30.5 Å². The molecule has 1 aliphatic heterocycles. The molecule has 3 rings (SSSR count). The van der Waals surface area contributed by atoms with Crippen LogP contribution in [0.5, 0.6) is 0 Å². The number of H-pyrrole nitrogens is 1. The number of amides is 1. The highest BCUT2D eigenvalue weighted by Gasteiger charge is 2.19. The average Bonchev–Trinajstić information content (AvgIpc) is 2.99. The third-order valence-electron chi connectivity index (χ3n) is 3.71. The lowest BCUT2D eigenvalue weighted by atomic mass is 10.0. The summed E-state index contributed by atoms with van der Waals surface area (Å²) in [7, 11) is 0. The first-order valence-electron chi connectivity index (χ1n) is 7.08. The Morgan fingerprint density at radius 3 is 2.71 bits per heavy atom. The zero-order valence-corrected chi connectivity index (χ0v) is 12.6. The van der Waals surface area contributed by atoms with Crippen molar-refractivity contribution >= 4 is 18.3 Å². The molecule has 1 aromatic carbocycles. The van der Waals surface area contributed by atoms with E-state index in [1.807, 2.05) is 36.5 Å². The average molecular weight is 306 g/mol. The van der Waals surface area contributed by atoms with Crippen LogP contribution in [0.3, 0.4) is 0 Å². The molecule has 0 bridgehead atoms. The summed E-state index contributed by atoms with van der Waals surface area (Å²) in [5.74, 6) is -0.00111. The molecule has 5 heteroatoms. The van der Waals surface area contributed by atoms with E-state index in [1.54, 1.807) is 6.20 Å². The third-order valence-corrected chi connectivity index (χ3v) is 3.71. The van der Waals surface area contributed by atoms with E-state index in [9.17, 15) is 4.79 Å². The normalized spacial score (nSPS) is 17.8. The fourth-order valence-electron chi connectivity index (χ4n) is 2.65. The first-order valence-corrected chi connectivity index (χ1v) is 7.08. The fourth-order valence-corrected chi connectivity index (χ4v) is 2.65. The van der Waals surface area contributed by atoms with Crippen molar-refractivity contribution in [3.63, 3.8) is 0 Å². The molecule has 4 nitrogen and oxygen atoms in total. The van der Waals surface area contributed by atoms with Gasteiger partial charge < -0.3 is 15.6 Å². The molecule has 1 saturated heterocycles. The van der Waals surface area contributed by atoms with E-state index in [-0.39, 0.29) is 24.4 Å². The largest absolute Gasteiger partial charge is 0.366 e. The first kappa shape index (κ1) is 15.6. The Kier molecular flexibility index (Phi) is 5.42. The number of hydrogen-bond donors (Lipinski definition) is 3. The van der Waals surface area contributed by atoms with E-state index in [2.05, 4.69) is 15.6 Å². The van der Waals surface area contributed by atoms with Gasteiger partial charge in [-0.15, -0.1) is 12.4 Å². The highest BCUT2D eigenvalue weighted by molar-refractivity contribution is 6.00. The smallest absolute Gasteiger partial charge is 0.253 e. The maximum atomic E-state index is 12.4. The van der Waals surface area contributed by atoms with Crippen molar-refractivity contribution in [1.29, 1.82) is 0 Å². The van der Waals surface area contributed by atoms with Crippen LogP contribution in [-0.2, 0) is 0 Å². The van der Waals surface area contributed by atoms with E-state index in [4.69, 9.17) is 0 Å². The second-order valence-electron chi connectivity index (χ2n) is 5.17. The molecule has 3 N–H and O–H groups in total. The highest BCUT2D eigenvalue weighted by Crippen LogP contribution is 2.23. The van der Waals surface area contributed by atoms with Crippen LogP contribution < -0.4 is 10.6 Å². The van der Waals surface area contributed by atoms with Gasteiger partial charge >= 0.3 is 0 Å². The summed E-state index contributed by atoms with van der Waals surface area (Å²) in [6.07, 6.45) is 5.81. The van der Waals surface area contributed by atoms with Gasteiger partial charge in [-0.3, -0.25) is 4.79 Å². The van der Waals surface area contributed by atoms with Crippen LogP contribution in [0.2, 0.25) is 0 Å². The third kappa shape index (κ3) is 3.65. The van der Waals surface area contributed by atoms with Gasteiger partial charge in [-0.05, 0) is 24.9 Å². The minimum absolute atomic E-state index is 0. The zero-order chi connectivity index (χ0) is 13.8. The lowest BCUT2D eigenvalue weighted by Gasteiger charge is -2.23. The molecule has 1 aromatic heterocycles. The van der Waals surface area contributed by atoms with Crippen molar-refractivity contribution in [1.82, 2.24) is 15.6 Å². The molecule has 112 valence electrons. The van der Waals surface area contributed by atoms with Crippen molar-refractivity contribution in [2.24, 2.45) is 0 Å². The number of benzene rings is 1. The Morgan fingerprint density at radius 2 is 2.00 bits per heavy atom. The van der Waals surface area contributed by atoms with E-state index < -0.39 is 0 Å². The fraction of sp³-hybridized carbons (Fsp3) is 0.312. The number of rotatable bonds is 3. The second-order valence-corrected chi connectivity index (χ2v) is 5.17. The molecule has 0 saturated carbocycles. The van der Waals surface area contributed by atoms with Crippen LogP contribution >= 0.6 is 12.4 Å². The number of hydrogen-bond acceptors (Lipinski definition) is 2. The Labute approximate surface area is 130 Å². The van der Waals surface area contributed by atoms with E-state index in [0.717, 1.165) is 37.1 Å². The standard InChI is InChI=1S/C16H19N3O.ClH/c20-16(19-13-7-4-8-17-9-13)15-11-18-10-14(15)12-5-2-1-3-6-12;/h1-3,5-6,10-11,13,17-18H,4,7-9H2,(H,19,20);1H/t13-;/m0./s1. The zero-order valence-electron chi connectivity index (χ0n) is 11.8. The summed E-state index contributed by atoms with van der Waals surface area (Å²) in [4.78, 5) is 15.4. The minimum Gasteiger partial charge on any atom is -0.366 e. The van der Waals surface area contributed by atoms with Crippen LogP contribution in [0.25, 0.3) is 11.1 Å². The van der Waals surface area contributed by atoms with Gasteiger partial charge in [0.2, 0.25) is 0 Å². The van der Waals surface area contributed by atoms with Crippen LogP contribution in [0.4, 0.5) is 0 Å². The van der Waals surface area contributed by atoms with Crippen molar-refractivity contribution in [2.45, 2.75) is 18.9 Å². The molecule has 21 heavy (non-hydrogen) atoms. The predicted molar refractivity (Wildman–Crippen MR) is 86.8 cm³/mol. The first-order chi connectivity index (χ1) is 9.84. The second kappa shape index (κ2) is 7.29. The summed E-state index contributed by atoms with van der Waals surface area (Å²) in [6.45, 7) is 1.91. The molecule has 0 radical (unpaired) electrons. The molecule has 0 spiro atoms. The van der Waals surface area contributed by atoms with Gasteiger partial charge in [0.1, 0.15) is 0 Å². The molecular formula is C16H20ClN3O. The van der Waals surface area contributed by atoms with Crippen molar-refractivity contribution in [2.75, 3.05) is 13.1 Å². The lowest BCUT2D eigenvalue weighted by Crippen LogP contribution is -2.45. The molecule has 1 atom stereocenters. The minimum atomic E-state index is -0.00111. The van der Waals surface area contributed by atoms with Gasteiger partial charge in [0.05, 0.1) is 5.56 Å². The van der Waals surface area contributed by atoms with E-state index >= 15 is 0 Å². The molecular weight excluding hydrogens is 286 g/mol. The number of aromatic nitrogens is 1. The summed E-state index contributed by atoms with van der Waals surface area (Å²) in [5, 5.41) is 6.42. The van der Waals surface area contributed by atoms with Crippen molar-refractivity contribution < 1.29 is 4.79 Å². The van der Waals surface area contributed by atoms with Gasteiger partial charge in [-0.1, -0.05) is 30.3 Å². The summed E-state index contributed by atoms with van der Waals surface area (Å²) < 4.78 is 0. The van der Waals surface area contributed by atoms with Crippen molar-refractivity contribution in [3.05, 3.63) is 48.3 Å². The Bertz CT molecular complexity index is 576. The maximum absolute atomic E-state index is 12.4. The van der Waals surface area contributed by atoms with Gasteiger partial charge in [-0.2, -0.15) is 0 Å². The predicted octanol–water partition coefficient (Wildman–Crippen LogP) is 2.59. The quantitative estimate of drug-likeness (QED) is 0.816. The molecule has 1 fully saturated rings. The summed E-state index contributed by atoms with van der Waals surface area (Å²) in [5.41, 5.74) is 2.72. The Balaban J connectivity index is 0.00000161. The van der Waals surface area contributed by atoms with Gasteiger partial charge in [-0.25, -0.2) is 0 Å². The molecule has 2 heterocycles. The van der Waals surface area contributed by atoms with E-state index in [0.29, 0.717) is 5.56 Å². The van der Waals surface area contributed by atoms with Gasteiger partial charge in [0.25, 0.3) is 5.91 Å². The Morgan fingerprint density at radius 1 is 1.19 bits per heavy atom. The molecule has 1 amide bonds. The summed E-state index contributed by atoms with van der Waals surface area (Å²) in [6, 6.07) is 10.2. The Hall–Kier alpha value is -1.78. The van der Waals surface area contributed by atoms with E-state index in [1.165, 1.54) is 0 Å². The van der Waals surface area contributed by atoms with Crippen LogP contribution in [-0.4, -0.2) is 30.0 Å². The highest BCUT2D eigenvalue weighted by atomic mass is 35.5. The maximum Gasteiger partial charge on any atom is 0.253 e. The topological polar surface area (TPSA) is 56.9 Å². The van der Waals surface area contributed by atoms with Crippen LogP contribution in [0, 0.1) is 0 Å². The molecule has 0 aliphatic carbocycles. The number of piperidine rings is 1. The lowest BCUT2D eigenvalue weighted by molar-refractivity contribution is 0.0931. The van der Waals surface area contributed by atoms with Crippen LogP contribution in [0.1, 0.15) is 23.2 Å². The molecule has 2 aromatic rings. The SMILES string of the molecule is Cl.O=C(N[C@H]1CCCNC1)c1c[nH]cc1-c1ccccc1. The number of aromatic amines is 1. The van der Waals surface area contributed by atoms with Crippen LogP contribution in [0.15, 0.2) is 42.7 Å². The summed E-state index contributed by atoms with van der Waals surface area (Å²) >= 11 is 0. The molecule has 0 unspecified atom stereocenters. The monoisotopic (exact) mass is 305 g/mol. The number of halogens is 1. The van der Waals surface area contributed by atoms with Gasteiger partial charge in [0.15, 0.2) is 0 Å². The number of carbonyl (C=O) groups is 1. The number of nitrogens with one attached hydrogen (secondary N) is 3.